The Kier molecular flexibility index (Phi) is 5.76. The van der Waals surface area contributed by atoms with Crippen LogP contribution in [0.4, 0.5) is 0 Å². The highest BCUT2D eigenvalue weighted by Gasteiger charge is 2.04. The van der Waals surface area contributed by atoms with Crippen molar-refractivity contribution >= 4 is 15.9 Å². The van der Waals surface area contributed by atoms with Gasteiger partial charge in [0.25, 0.3) is 0 Å². The minimum atomic E-state index is 0.480. The Morgan fingerprint density at radius 3 is 2.67 bits per heavy atom. The summed E-state index contributed by atoms with van der Waals surface area (Å²) in [6, 6.07) is 8.75. The van der Waals surface area contributed by atoms with Gasteiger partial charge in [0, 0.05) is 30.5 Å². The van der Waals surface area contributed by atoms with E-state index >= 15 is 0 Å². The third kappa shape index (κ3) is 5.14. The molecule has 0 saturated heterocycles. The zero-order valence-corrected chi connectivity index (χ0v) is 14.3. The molecule has 4 heteroatoms. The summed E-state index contributed by atoms with van der Waals surface area (Å²) in [6.07, 6.45) is 3.68. The van der Waals surface area contributed by atoms with E-state index in [0.29, 0.717) is 12.6 Å². The smallest absolute Gasteiger partial charge is 0.134 e. The minimum Gasteiger partial charge on any atom is -0.488 e. The molecule has 0 spiro atoms. The lowest BCUT2D eigenvalue weighted by molar-refractivity contribution is 0.303. The van der Waals surface area contributed by atoms with E-state index in [-0.39, 0.29) is 0 Å². The molecule has 0 saturated carbocycles. The van der Waals surface area contributed by atoms with Crippen molar-refractivity contribution in [1.29, 1.82) is 0 Å². The molecule has 21 heavy (non-hydrogen) atoms. The molecule has 0 radical (unpaired) electrons. The minimum absolute atomic E-state index is 0.480. The van der Waals surface area contributed by atoms with E-state index in [2.05, 4.69) is 58.3 Å². The van der Waals surface area contributed by atoms with Crippen LogP contribution in [0.5, 0.6) is 5.75 Å². The summed E-state index contributed by atoms with van der Waals surface area (Å²) in [5.41, 5.74) is 3.46. The molecule has 3 nitrogen and oxygen atoms in total. The molecule has 0 atom stereocenters. The molecule has 112 valence electrons. The maximum Gasteiger partial charge on any atom is 0.134 e. The third-order valence-corrected chi connectivity index (χ3v) is 3.66. The molecule has 0 aliphatic heterocycles. The van der Waals surface area contributed by atoms with Gasteiger partial charge in [0.2, 0.25) is 0 Å². The highest BCUT2D eigenvalue weighted by atomic mass is 79.9. The van der Waals surface area contributed by atoms with E-state index in [0.717, 1.165) is 27.9 Å². The molecule has 1 aromatic heterocycles. The first-order valence-electron chi connectivity index (χ1n) is 7.09. The van der Waals surface area contributed by atoms with Crippen LogP contribution in [0.15, 0.2) is 41.1 Å². The first-order valence-corrected chi connectivity index (χ1v) is 7.89. The van der Waals surface area contributed by atoms with Crippen LogP contribution in [0, 0.1) is 6.92 Å². The van der Waals surface area contributed by atoms with E-state index in [1.165, 1.54) is 5.56 Å². The molecule has 2 rings (SSSR count). The van der Waals surface area contributed by atoms with Gasteiger partial charge < -0.3 is 10.1 Å². The number of halogens is 1. The average Bonchev–Trinajstić information content (AvgIpc) is 2.44. The Bertz CT molecular complexity index is 599. The van der Waals surface area contributed by atoms with Gasteiger partial charge in [-0.3, -0.25) is 4.98 Å². The van der Waals surface area contributed by atoms with E-state index in [1.54, 1.807) is 0 Å². The first kappa shape index (κ1) is 16.0. The number of pyridine rings is 1. The lowest BCUT2D eigenvalue weighted by Gasteiger charge is -2.12. The van der Waals surface area contributed by atoms with Crippen molar-refractivity contribution in [3.63, 3.8) is 0 Å². The average molecular weight is 349 g/mol. The number of aryl methyl sites for hydroxylation is 1. The highest BCUT2D eigenvalue weighted by Crippen LogP contribution is 2.26. The Balaban J connectivity index is 1.97. The maximum absolute atomic E-state index is 5.85. The van der Waals surface area contributed by atoms with Crippen LogP contribution in [0.3, 0.4) is 0 Å². The van der Waals surface area contributed by atoms with Crippen LogP contribution in [-0.4, -0.2) is 11.0 Å². The van der Waals surface area contributed by atoms with Gasteiger partial charge in [0.05, 0.1) is 4.47 Å². The van der Waals surface area contributed by atoms with Crippen molar-refractivity contribution in [2.75, 3.05) is 0 Å². The van der Waals surface area contributed by atoms with Gasteiger partial charge in [0.1, 0.15) is 12.4 Å². The van der Waals surface area contributed by atoms with Gasteiger partial charge >= 0.3 is 0 Å². The molecule has 0 aliphatic rings. The van der Waals surface area contributed by atoms with Crippen molar-refractivity contribution in [3.05, 3.63) is 57.8 Å². The van der Waals surface area contributed by atoms with Gasteiger partial charge in [-0.15, -0.1) is 0 Å². The summed E-state index contributed by atoms with van der Waals surface area (Å²) in [6.45, 7) is 7.70. The number of aromatic nitrogens is 1. The Hall–Kier alpha value is -1.39. The van der Waals surface area contributed by atoms with Gasteiger partial charge in [-0.1, -0.05) is 19.9 Å². The van der Waals surface area contributed by atoms with Crippen LogP contribution in [0.25, 0.3) is 0 Å². The number of nitrogens with one attached hydrogen (secondary N) is 1. The van der Waals surface area contributed by atoms with Crippen LogP contribution in [0.2, 0.25) is 0 Å². The normalized spacial score (nSPS) is 10.9. The zero-order chi connectivity index (χ0) is 15.2. The van der Waals surface area contributed by atoms with Gasteiger partial charge in [-0.05, 0) is 52.2 Å². The third-order valence-electron chi connectivity index (χ3n) is 3.04. The quantitative estimate of drug-likeness (QED) is 0.848. The van der Waals surface area contributed by atoms with Crippen molar-refractivity contribution in [1.82, 2.24) is 10.3 Å². The molecule has 0 fully saturated rings. The van der Waals surface area contributed by atoms with Crippen LogP contribution < -0.4 is 10.1 Å². The molecular formula is C17H21BrN2O. The van der Waals surface area contributed by atoms with Crippen LogP contribution in [-0.2, 0) is 13.2 Å². The molecular weight excluding hydrogens is 328 g/mol. The van der Waals surface area contributed by atoms with Crippen LogP contribution in [0.1, 0.15) is 30.5 Å². The lowest BCUT2D eigenvalue weighted by atomic mass is 10.2. The van der Waals surface area contributed by atoms with Crippen molar-refractivity contribution in [2.45, 2.75) is 40.0 Å². The second-order valence-electron chi connectivity index (χ2n) is 5.46. The van der Waals surface area contributed by atoms with Gasteiger partial charge in [-0.25, -0.2) is 0 Å². The monoisotopic (exact) mass is 348 g/mol. The molecule has 0 bridgehead atoms. The first-order chi connectivity index (χ1) is 10.0. The van der Waals surface area contributed by atoms with E-state index in [1.807, 2.05) is 25.4 Å². The number of hydrogen-bond acceptors (Lipinski definition) is 3. The molecule has 2 aromatic rings. The second-order valence-corrected chi connectivity index (χ2v) is 6.31. The molecule has 1 heterocycles. The topological polar surface area (TPSA) is 34.1 Å². The molecule has 0 amide bonds. The lowest BCUT2D eigenvalue weighted by Crippen LogP contribution is -2.21. The molecule has 0 unspecified atom stereocenters. The van der Waals surface area contributed by atoms with Crippen molar-refractivity contribution in [3.8, 4) is 5.75 Å². The predicted molar refractivity (Wildman–Crippen MR) is 89.4 cm³/mol. The van der Waals surface area contributed by atoms with Gasteiger partial charge in [-0.2, -0.15) is 0 Å². The van der Waals surface area contributed by atoms with E-state index < -0.39 is 0 Å². The second kappa shape index (κ2) is 7.57. The van der Waals surface area contributed by atoms with Crippen molar-refractivity contribution < 1.29 is 4.74 Å². The number of hydrogen-bond donors (Lipinski definition) is 1. The number of ether oxygens (including phenoxy) is 1. The van der Waals surface area contributed by atoms with E-state index in [4.69, 9.17) is 4.74 Å². The highest BCUT2D eigenvalue weighted by molar-refractivity contribution is 9.10. The fourth-order valence-corrected chi connectivity index (χ4v) is 2.49. The maximum atomic E-state index is 5.85. The standard InChI is InChI=1S/C17H21BrN2O/c1-12(2)20-10-14-4-5-17(16(18)7-14)21-11-15-6-13(3)8-19-9-15/h4-9,12,20H,10-11H2,1-3H3. The van der Waals surface area contributed by atoms with Crippen LogP contribution >= 0.6 is 15.9 Å². The summed E-state index contributed by atoms with van der Waals surface area (Å²) >= 11 is 3.57. The number of rotatable bonds is 6. The Morgan fingerprint density at radius 2 is 2.00 bits per heavy atom. The van der Waals surface area contributed by atoms with E-state index in [9.17, 15) is 0 Å². The van der Waals surface area contributed by atoms with Gasteiger partial charge in [0.15, 0.2) is 0 Å². The molecule has 1 N–H and O–H groups in total. The summed E-state index contributed by atoms with van der Waals surface area (Å²) in [7, 11) is 0. The summed E-state index contributed by atoms with van der Waals surface area (Å²) < 4.78 is 6.83. The fraction of sp³-hybridized carbons (Fsp3) is 0.353. The number of nitrogens with zero attached hydrogens (tertiary/aromatic N) is 1. The van der Waals surface area contributed by atoms with Crippen molar-refractivity contribution in [2.24, 2.45) is 0 Å². The largest absolute Gasteiger partial charge is 0.488 e. The Morgan fingerprint density at radius 1 is 1.19 bits per heavy atom. The zero-order valence-electron chi connectivity index (χ0n) is 12.7. The SMILES string of the molecule is Cc1cncc(COc2ccc(CNC(C)C)cc2Br)c1. The predicted octanol–water partition coefficient (Wildman–Crippen LogP) is 4.23. The molecule has 1 aromatic carbocycles. The Labute approximate surface area is 134 Å². The summed E-state index contributed by atoms with van der Waals surface area (Å²) in [5.74, 6) is 0.852. The molecule has 0 aliphatic carbocycles. The summed E-state index contributed by atoms with van der Waals surface area (Å²) in [4.78, 5) is 4.17. The fourth-order valence-electron chi connectivity index (χ4n) is 1.95. The number of benzene rings is 1. The summed E-state index contributed by atoms with van der Waals surface area (Å²) in [5, 5.41) is 3.40.